The van der Waals surface area contributed by atoms with Gasteiger partial charge >= 0.3 is 0 Å². The Labute approximate surface area is 102 Å². The van der Waals surface area contributed by atoms with Gasteiger partial charge in [-0.3, -0.25) is 0 Å². The summed E-state index contributed by atoms with van der Waals surface area (Å²) in [4.78, 5) is 32.9. The first-order valence-corrected chi connectivity index (χ1v) is 4.97. The minimum absolute atomic E-state index is 0.136. The average Bonchev–Trinajstić information content (AvgIpc) is 2.23. The van der Waals surface area contributed by atoms with E-state index in [-0.39, 0.29) is 11.1 Å². The number of carboxylic acid groups (broad SMARTS) is 3. The number of carbonyl (C=O) groups excluding carboxylic acids is 3. The predicted octanol–water partition coefficient (Wildman–Crippen LogP) is -2.30. The summed E-state index contributed by atoms with van der Waals surface area (Å²) in [5.41, 5.74) is -1.64. The van der Waals surface area contributed by atoms with Crippen molar-refractivity contribution < 1.29 is 29.7 Å². The van der Waals surface area contributed by atoms with Crippen molar-refractivity contribution in [3.63, 3.8) is 0 Å². The van der Waals surface area contributed by atoms with Gasteiger partial charge < -0.3 is 29.7 Å². The Kier molecular flexibility index (Phi) is 3.41. The minimum Gasteiger partial charge on any atom is -0.545 e. The highest BCUT2D eigenvalue weighted by molar-refractivity contribution is 6.09. The molecule has 0 bridgehead atoms. The largest absolute Gasteiger partial charge is 0.545 e. The summed E-state index contributed by atoms with van der Waals surface area (Å²) in [6.07, 6.45) is 0. The van der Waals surface area contributed by atoms with Gasteiger partial charge in [0.05, 0.1) is 17.9 Å². The lowest BCUT2D eigenvalue weighted by molar-refractivity contribution is -0.261. The average molecular weight is 249 g/mol. The summed E-state index contributed by atoms with van der Waals surface area (Å²) < 4.78 is 0. The van der Waals surface area contributed by atoms with Crippen molar-refractivity contribution in [1.29, 1.82) is 0 Å². The number of carbonyl (C=O) groups is 3. The van der Waals surface area contributed by atoms with E-state index in [1.807, 2.05) is 0 Å². The van der Waals surface area contributed by atoms with Crippen LogP contribution in [0.3, 0.4) is 0 Å². The summed E-state index contributed by atoms with van der Waals surface area (Å²) in [6.45, 7) is 4.24. The van der Waals surface area contributed by atoms with Crippen LogP contribution in [-0.4, -0.2) is 17.9 Å². The summed E-state index contributed by atoms with van der Waals surface area (Å²) in [7, 11) is 0. The van der Waals surface area contributed by atoms with E-state index >= 15 is 0 Å². The molecule has 0 fully saturated rings. The fourth-order valence-electron chi connectivity index (χ4n) is 1.87. The van der Waals surface area contributed by atoms with Crippen LogP contribution in [0.2, 0.25) is 0 Å². The minimum atomic E-state index is -1.89. The highest BCUT2D eigenvalue weighted by Gasteiger charge is 2.19. The molecule has 0 N–H and O–H groups in total. The zero-order valence-electron chi connectivity index (χ0n) is 9.95. The lowest BCUT2D eigenvalue weighted by Gasteiger charge is -2.24. The maximum Gasteiger partial charge on any atom is 0.0728 e. The van der Waals surface area contributed by atoms with E-state index in [9.17, 15) is 29.7 Å². The second kappa shape index (κ2) is 4.48. The molecular weight excluding hydrogens is 240 g/mol. The maximum absolute atomic E-state index is 11.0. The lowest BCUT2D eigenvalue weighted by atomic mass is 9.88. The lowest BCUT2D eigenvalue weighted by Crippen LogP contribution is -2.36. The van der Waals surface area contributed by atoms with Crippen molar-refractivity contribution in [2.75, 3.05) is 0 Å². The molecule has 6 nitrogen and oxygen atoms in total. The Morgan fingerprint density at radius 2 is 0.889 bits per heavy atom. The number of rotatable bonds is 3. The standard InChI is InChI=1S/C12H12O6/c1-4-5(2)7(10(13)14)9(12(17)18)8(6(4)3)11(15)16/h1-3H3,(H,13,14)(H,15,16)(H,17,18)/p-3. The maximum atomic E-state index is 11.0. The molecule has 0 aromatic heterocycles. The van der Waals surface area contributed by atoms with Gasteiger partial charge in [0.2, 0.25) is 0 Å². The second-order valence-electron chi connectivity index (χ2n) is 3.86. The SMILES string of the molecule is Cc1c(C)c(C(=O)[O-])c(C(=O)[O-])c(C(=O)[O-])c1C. The highest BCUT2D eigenvalue weighted by atomic mass is 16.4. The van der Waals surface area contributed by atoms with Gasteiger partial charge in [0.15, 0.2) is 0 Å². The third kappa shape index (κ3) is 1.92. The quantitative estimate of drug-likeness (QED) is 0.594. The van der Waals surface area contributed by atoms with E-state index in [0.717, 1.165) is 0 Å². The molecule has 6 heteroatoms. The molecule has 0 radical (unpaired) electrons. The Morgan fingerprint density at radius 1 is 0.611 bits per heavy atom. The van der Waals surface area contributed by atoms with Gasteiger partial charge in [0, 0.05) is 16.7 Å². The monoisotopic (exact) mass is 249 g/mol. The molecule has 0 saturated heterocycles. The van der Waals surface area contributed by atoms with Gasteiger partial charge in [-0.1, -0.05) is 0 Å². The van der Waals surface area contributed by atoms with Gasteiger partial charge in [-0.05, 0) is 37.5 Å². The van der Waals surface area contributed by atoms with Gasteiger partial charge in [-0.15, -0.1) is 0 Å². The first-order valence-electron chi connectivity index (χ1n) is 4.97. The summed E-state index contributed by atoms with van der Waals surface area (Å²) in [5, 5.41) is 32.9. The predicted molar refractivity (Wildman–Crippen MR) is 53.6 cm³/mol. The molecule has 1 aromatic carbocycles. The van der Waals surface area contributed by atoms with Crippen molar-refractivity contribution in [3.8, 4) is 0 Å². The van der Waals surface area contributed by atoms with Crippen LogP contribution >= 0.6 is 0 Å². The molecule has 18 heavy (non-hydrogen) atoms. The molecule has 0 aliphatic heterocycles. The molecule has 1 rings (SSSR count). The smallest absolute Gasteiger partial charge is 0.0728 e. The molecular formula is C12H9O6-3. The second-order valence-corrected chi connectivity index (χ2v) is 3.86. The number of hydrogen-bond acceptors (Lipinski definition) is 6. The number of hydrogen-bond donors (Lipinski definition) is 0. The van der Waals surface area contributed by atoms with Crippen LogP contribution in [0.1, 0.15) is 47.8 Å². The number of carboxylic acids is 3. The van der Waals surface area contributed by atoms with E-state index in [2.05, 4.69) is 0 Å². The molecule has 0 amide bonds. The van der Waals surface area contributed by atoms with Crippen molar-refractivity contribution in [2.45, 2.75) is 20.8 Å². The van der Waals surface area contributed by atoms with E-state index in [1.54, 1.807) is 0 Å². The molecule has 0 heterocycles. The first kappa shape index (κ1) is 13.7. The van der Waals surface area contributed by atoms with Crippen molar-refractivity contribution in [2.24, 2.45) is 0 Å². The fraction of sp³-hybridized carbons (Fsp3) is 0.250. The zero-order valence-corrected chi connectivity index (χ0v) is 9.95. The normalized spacial score (nSPS) is 10.2. The van der Waals surface area contributed by atoms with Gasteiger partial charge in [0.25, 0.3) is 0 Å². The molecule has 0 aliphatic rings. The third-order valence-electron chi connectivity index (χ3n) is 2.99. The summed E-state index contributed by atoms with van der Waals surface area (Å²) in [6, 6.07) is 0. The van der Waals surface area contributed by atoms with E-state index in [0.29, 0.717) is 5.56 Å². The topological polar surface area (TPSA) is 120 Å². The van der Waals surface area contributed by atoms with Crippen LogP contribution in [0.15, 0.2) is 0 Å². The van der Waals surface area contributed by atoms with Crippen LogP contribution in [0.4, 0.5) is 0 Å². The van der Waals surface area contributed by atoms with Gasteiger partial charge in [0.1, 0.15) is 0 Å². The van der Waals surface area contributed by atoms with Gasteiger partial charge in [-0.2, -0.15) is 0 Å². The molecule has 0 unspecified atom stereocenters. The van der Waals surface area contributed by atoms with Crippen LogP contribution in [0, 0.1) is 20.8 Å². The van der Waals surface area contributed by atoms with Gasteiger partial charge in [-0.25, -0.2) is 0 Å². The molecule has 1 aromatic rings. The van der Waals surface area contributed by atoms with Crippen LogP contribution in [0.25, 0.3) is 0 Å². The first-order chi connectivity index (χ1) is 8.20. The molecule has 0 atom stereocenters. The number of aromatic carboxylic acids is 3. The molecule has 0 aliphatic carbocycles. The van der Waals surface area contributed by atoms with E-state index in [1.165, 1.54) is 20.8 Å². The summed E-state index contributed by atoms with van der Waals surface area (Å²) in [5.74, 6) is -5.42. The molecule has 0 spiro atoms. The van der Waals surface area contributed by atoms with Crippen LogP contribution in [0.5, 0.6) is 0 Å². The summed E-state index contributed by atoms with van der Waals surface area (Å²) >= 11 is 0. The Morgan fingerprint density at radius 3 is 1.11 bits per heavy atom. The molecule has 96 valence electrons. The van der Waals surface area contributed by atoms with Crippen molar-refractivity contribution in [1.82, 2.24) is 0 Å². The third-order valence-corrected chi connectivity index (χ3v) is 2.99. The van der Waals surface area contributed by atoms with Crippen LogP contribution in [-0.2, 0) is 0 Å². The zero-order chi connectivity index (χ0) is 14.2. The fourth-order valence-corrected chi connectivity index (χ4v) is 1.87. The van der Waals surface area contributed by atoms with Crippen molar-refractivity contribution >= 4 is 17.9 Å². The Bertz CT molecular complexity index is 529. The van der Waals surface area contributed by atoms with E-state index in [4.69, 9.17) is 0 Å². The number of benzene rings is 1. The Hall–Kier alpha value is -2.37. The van der Waals surface area contributed by atoms with Crippen molar-refractivity contribution in [3.05, 3.63) is 33.4 Å². The highest BCUT2D eigenvalue weighted by Crippen LogP contribution is 2.26. The van der Waals surface area contributed by atoms with Crippen LogP contribution < -0.4 is 15.3 Å². The van der Waals surface area contributed by atoms with E-state index < -0.39 is 34.6 Å². The molecule has 0 saturated carbocycles. The Balaban J connectivity index is 3.99.